The lowest BCUT2D eigenvalue weighted by Crippen LogP contribution is -2.36. The third-order valence-corrected chi connectivity index (χ3v) is 3.84. The van der Waals surface area contributed by atoms with Crippen LogP contribution in [0.3, 0.4) is 0 Å². The van der Waals surface area contributed by atoms with E-state index in [1.165, 1.54) is 0 Å². The number of nitrogen functional groups attached to an aromatic ring is 1. The Morgan fingerprint density at radius 1 is 1.17 bits per heavy atom. The summed E-state index contributed by atoms with van der Waals surface area (Å²) in [5, 5.41) is 0. The van der Waals surface area contributed by atoms with Crippen LogP contribution in [0, 0.1) is 6.92 Å². The number of morpholine rings is 1. The molecule has 23 heavy (non-hydrogen) atoms. The summed E-state index contributed by atoms with van der Waals surface area (Å²) in [5.41, 5.74) is 10.2. The zero-order chi connectivity index (χ0) is 15.8. The molecule has 7 heteroatoms. The molecular weight excluding hydrogens is 294 g/mol. The van der Waals surface area contributed by atoms with Gasteiger partial charge in [-0.05, 0) is 18.6 Å². The van der Waals surface area contributed by atoms with E-state index in [0.29, 0.717) is 41.8 Å². The lowest BCUT2D eigenvalue weighted by molar-refractivity contribution is 0.120. The molecule has 0 atom stereocenters. The Labute approximate surface area is 133 Å². The number of aromatic nitrogens is 3. The molecule has 0 bridgehead atoms. The molecule has 0 aliphatic carbocycles. The second-order valence-electron chi connectivity index (χ2n) is 5.56. The van der Waals surface area contributed by atoms with E-state index in [1.807, 2.05) is 24.0 Å². The van der Waals surface area contributed by atoms with Crippen molar-refractivity contribution in [2.45, 2.75) is 6.92 Å². The summed E-state index contributed by atoms with van der Waals surface area (Å²) in [6, 6.07) is 6.21. The fraction of sp³-hybridized carbons (Fsp3) is 0.312. The molecule has 4 rings (SSSR count). The number of ether oxygens (including phenoxy) is 1. The normalized spacial score (nSPS) is 15.3. The summed E-state index contributed by atoms with van der Waals surface area (Å²) >= 11 is 0. The molecule has 1 fully saturated rings. The molecule has 4 heterocycles. The molecule has 0 aromatic carbocycles. The van der Waals surface area contributed by atoms with E-state index in [2.05, 4.69) is 15.0 Å². The minimum absolute atomic E-state index is 0.526. The number of aryl methyl sites for hydroxylation is 1. The van der Waals surface area contributed by atoms with Crippen LogP contribution < -0.4 is 10.6 Å². The topological polar surface area (TPSA) is 90.3 Å². The van der Waals surface area contributed by atoms with Crippen molar-refractivity contribution in [2.24, 2.45) is 0 Å². The van der Waals surface area contributed by atoms with Crippen molar-refractivity contribution in [3.05, 3.63) is 30.0 Å². The second kappa shape index (κ2) is 5.51. The predicted octanol–water partition coefficient (Wildman–Crippen LogP) is 2.01. The first-order chi connectivity index (χ1) is 11.2. The summed E-state index contributed by atoms with van der Waals surface area (Å²) in [5.74, 6) is 0. The number of nitrogens with zero attached hydrogens (tertiary/aromatic N) is 4. The molecule has 3 aromatic heterocycles. The fourth-order valence-corrected chi connectivity index (χ4v) is 2.57. The minimum Gasteiger partial charge on any atom is -0.422 e. The zero-order valence-electron chi connectivity index (χ0n) is 12.8. The Morgan fingerprint density at radius 3 is 2.74 bits per heavy atom. The molecule has 0 saturated carbocycles. The van der Waals surface area contributed by atoms with Crippen LogP contribution in [0.1, 0.15) is 5.56 Å². The summed E-state index contributed by atoms with van der Waals surface area (Å²) in [4.78, 5) is 15.5. The van der Waals surface area contributed by atoms with Crippen LogP contribution in [0.4, 0.5) is 11.7 Å². The lowest BCUT2D eigenvalue weighted by Gasteiger charge is -2.24. The highest BCUT2D eigenvalue weighted by Crippen LogP contribution is 2.29. The number of hydrogen-bond acceptors (Lipinski definition) is 7. The minimum atomic E-state index is 0.526. The van der Waals surface area contributed by atoms with E-state index in [1.54, 1.807) is 12.3 Å². The lowest BCUT2D eigenvalue weighted by atomic mass is 10.2. The van der Waals surface area contributed by atoms with Crippen LogP contribution in [0.15, 0.2) is 28.8 Å². The summed E-state index contributed by atoms with van der Waals surface area (Å²) in [7, 11) is 0. The molecule has 0 radical (unpaired) electrons. The van der Waals surface area contributed by atoms with Gasteiger partial charge in [0.2, 0.25) is 5.65 Å². The summed E-state index contributed by atoms with van der Waals surface area (Å²) in [6.45, 7) is 4.85. The SMILES string of the molecule is Cc1ccc(-c2nc3nc(N4CCOCC4)oc3cc2N)nc1. The first kappa shape index (κ1) is 14.0. The van der Waals surface area contributed by atoms with Crippen molar-refractivity contribution in [1.82, 2.24) is 15.0 Å². The van der Waals surface area contributed by atoms with Gasteiger partial charge in [-0.1, -0.05) is 6.07 Å². The van der Waals surface area contributed by atoms with Gasteiger partial charge in [-0.25, -0.2) is 4.98 Å². The van der Waals surface area contributed by atoms with Gasteiger partial charge in [0.25, 0.3) is 6.01 Å². The molecule has 7 nitrogen and oxygen atoms in total. The molecule has 118 valence electrons. The van der Waals surface area contributed by atoms with Gasteiger partial charge in [0.1, 0.15) is 5.69 Å². The van der Waals surface area contributed by atoms with Crippen molar-refractivity contribution < 1.29 is 9.15 Å². The average Bonchev–Trinajstić information content (AvgIpc) is 2.98. The van der Waals surface area contributed by atoms with Crippen LogP contribution in [0.2, 0.25) is 0 Å². The van der Waals surface area contributed by atoms with E-state index in [4.69, 9.17) is 14.9 Å². The van der Waals surface area contributed by atoms with Crippen LogP contribution in [0.25, 0.3) is 22.6 Å². The molecule has 1 aliphatic rings. The van der Waals surface area contributed by atoms with E-state index >= 15 is 0 Å². The number of rotatable bonds is 2. The second-order valence-corrected chi connectivity index (χ2v) is 5.56. The predicted molar refractivity (Wildman–Crippen MR) is 87.2 cm³/mol. The molecule has 1 aliphatic heterocycles. The Morgan fingerprint density at radius 2 is 2.00 bits per heavy atom. The van der Waals surface area contributed by atoms with Gasteiger partial charge < -0.3 is 19.8 Å². The molecule has 0 unspecified atom stereocenters. The molecular formula is C16H17N5O2. The molecule has 0 amide bonds. The first-order valence-corrected chi connectivity index (χ1v) is 7.53. The van der Waals surface area contributed by atoms with Gasteiger partial charge in [0.15, 0.2) is 5.58 Å². The van der Waals surface area contributed by atoms with Crippen molar-refractivity contribution in [3.8, 4) is 11.4 Å². The molecule has 3 aromatic rings. The van der Waals surface area contributed by atoms with Gasteiger partial charge in [0.05, 0.1) is 24.6 Å². The van der Waals surface area contributed by atoms with Crippen molar-refractivity contribution in [2.75, 3.05) is 36.9 Å². The highest BCUT2D eigenvalue weighted by molar-refractivity contribution is 5.82. The van der Waals surface area contributed by atoms with Gasteiger partial charge >= 0.3 is 0 Å². The smallest absolute Gasteiger partial charge is 0.300 e. The number of oxazole rings is 1. The molecule has 1 saturated heterocycles. The van der Waals surface area contributed by atoms with Crippen molar-refractivity contribution >= 4 is 22.9 Å². The zero-order valence-corrected chi connectivity index (χ0v) is 12.8. The standard InChI is InChI=1S/C16H17N5O2/c1-10-2-3-12(18-9-10)14-11(17)8-13-15(19-14)20-16(23-13)21-4-6-22-7-5-21/h2-3,8-9H,4-7,17H2,1H3. The van der Waals surface area contributed by atoms with Crippen LogP contribution in [0.5, 0.6) is 0 Å². The van der Waals surface area contributed by atoms with Crippen molar-refractivity contribution in [1.29, 1.82) is 0 Å². The maximum atomic E-state index is 6.12. The van der Waals surface area contributed by atoms with Crippen LogP contribution >= 0.6 is 0 Å². The number of hydrogen-bond donors (Lipinski definition) is 1. The average molecular weight is 311 g/mol. The fourth-order valence-electron chi connectivity index (χ4n) is 2.57. The highest BCUT2D eigenvalue weighted by atomic mass is 16.5. The maximum Gasteiger partial charge on any atom is 0.300 e. The number of pyridine rings is 2. The first-order valence-electron chi connectivity index (χ1n) is 7.53. The van der Waals surface area contributed by atoms with Gasteiger partial charge in [-0.15, -0.1) is 0 Å². The summed E-state index contributed by atoms with van der Waals surface area (Å²) in [6.07, 6.45) is 1.79. The number of fused-ring (bicyclic) bond motifs is 1. The molecule has 2 N–H and O–H groups in total. The van der Waals surface area contributed by atoms with E-state index < -0.39 is 0 Å². The Hall–Kier alpha value is -2.67. The van der Waals surface area contributed by atoms with E-state index in [0.717, 1.165) is 24.3 Å². The number of anilines is 2. The maximum absolute atomic E-state index is 6.12. The third kappa shape index (κ3) is 2.59. The summed E-state index contributed by atoms with van der Waals surface area (Å²) < 4.78 is 11.1. The monoisotopic (exact) mass is 311 g/mol. The van der Waals surface area contributed by atoms with Gasteiger partial charge in [-0.3, -0.25) is 4.98 Å². The quantitative estimate of drug-likeness (QED) is 0.774. The Balaban J connectivity index is 1.75. The Kier molecular flexibility index (Phi) is 3.34. The van der Waals surface area contributed by atoms with Gasteiger partial charge in [0, 0.05) is 25.4 Å². The van der Waals surface area contributed by atoms with Crippen molar-refractivity contribution in [3.63, 3.8) is 0 Å². The Bertz CT molecular complexity index is 838. The molecule has 0 spiro atoms. The van der Waals surface area contributed by atoms with E-state index in [-0.39, 0.29) is 0 Å². The van der Waals surface area contributed by atoms with Gasteiger partial charge in [-0.2, -0.15) is 4.98 Å². The highest BCUT2D eigenvalue weighted by Gasteiger charge is 2.19. The number of nitrogens with two attached hydrogens (primary N) is 1. The van der Waals surface area contributed by atoms with Crippen LogP contribution in [-0.4, -0.2) is 41.3 Å². The third-order valence-electron chi connectivity index (χ3n) is 3.84. The largest absolute Gasteiger partial charge is 0.422 e. The van der Waals surface area contributed by atoms with E-state index in [9.17, 15) is 0 Å². The van der Waals surface area contributed by atoms with Crippen LogP contribution in [-0.2, 0) is 4.74 Å².